The molecule has 0 aliphatic heterocycles. The Bertz CT molecular complexity index is 110. The highest BCUT2D eigenvalue weighted by molar-refractivity contribution is 4.96. The summed E-state index contributed by atoms with van der Waals surface area (Å²) in [5.74, 6) is 5.00. The Labute approximate surface area is 66.2 Å². The molecule has 0 aromatic heterocycles. The number of hydrogen-bond donors (Lipinski definition) is 3. The van der Waals surface area contributed by atoms with Crippen molar-refractivity contribution in [2.75, 3.05) is 13.2 Å². The first kappa shape index (κ1) is 10.6. The van der Waals surface area contributed by atoms with Gasteiger partial charge in [-0.25, -0.2) is 5.90 Å². The molecule has 0 fully saturated rings. The van der Waals surface area contributed by atoms with Crippen molar-refractivity contribution in [2.45, 2.75) is 18.4 Å². The van der Waals surface area contributed by atoms with Crippen LogP contribution >= 0.6 is 0 Å². The van der Waals surface area contributed by atoms with Gasteiger partial charge in [0.1, 0.15) is 5.60 Å². The summed E-state index contributed by atoms with van der Waals surface area (Å²) in [7, 11) is 0. The van der Waals surface area contributed by atoms with Crippen LogP contribution in [0.2, 0.25) is 0 Å². The third-order valence-electron chi connectivity index (χ3n) is 1.68. The summed E-state index contributed by atoms with van der Waals surface area (Å²) in [4.78, 5) is 4.63. The molecule has 0 bridgehead atoms. The van der Waals surface area contributed by atoms with Crippen molar-refractivity contribution in [1.29, 1.82) is 0 Å². The van der Waals surface area contributed by atoms with Crippen LogP contribution in [0.3, 0.4) is 0 Å². The first-order valence-corrected chi connectivity index (χ1v) is 3.48. The van der Waals surface area contributed by atoms with Gasteiger partial charge in [-0.1, -0.05) is 6.08 Å². The van der Waals surface area contributed by atoms with E-state index in [1.807, 2.05) is 0 Å². The van der Waals surface area contributed by atoms with Crippen molar-refractivity contribution < 1.29 is 15.1 Å². The van der Waals surface area contributed by atoms with E-state index < -0.39 is 5.60 Å². The van der Waals surface area contributed by atoms with Gasteiger partial charge in [-0.05, 0) is 0 Å². The van der Waals surface area contributed by atoms with Crippen molar-refractivity contribution >= 4 is 0 Å². The molecule has 66 valence electrons. The predicted octanol–water partition coefficient (Wildman–Crippen LogP) is -0.434. The average Bonchev–Trinajstić information content (AvgIpc) is 2.04. The predicted molar refractivity (Wildman–Crippen MR) is 41.6 cm³/mol. The Kier molecular flexibility index (Phi) is 5.06. The molecular weight excluding hydrogens is 146 g/mol. The molecule has 4 N–H and O–H groups in total. The molecule has 0 aliphatic rings. The van der Waals surface area contributed by atoms with Gasteiger partial charge in [0.15, 0.2) is 0 Å². The SMILES string of the molecule is C=CC(CCO)(CCO)ON. The molecule has 0 radical (unpaired) electrons. The van der Waals surface area contributed by atoms with Gasteiger partial charge in [-0.3, -0.25) is 4.84 Å². The second-order valence-electron chi connectivity index (χ2n) is 2.33. The molecule has 4 heteroatoms. The molecule has 0 heterocycles. The molecule has 0 rings (SSSR count). The van der Waals surface area contributed by atoms with E-state index in [0.29, 0.717) is 12.8 Å². The van der Waals surface area contributed by atoms with Crippen LogP contribution in [-0.4, -0.2) is 29.0 Å². The second-order valence-corrected chi connectivity index (χ2v) is 2.33. The molecule has 0 saturated heterocycles. The molecule has 0 saturated carbocycles. The summed E-state index contributed by atoms with van der Waals surface area (Å²) in [5, 5.41) is 17.3. The maximum atomic E-state index is 8.63. The molecule has 0 aromatic carbocycles. The summed E-state index contributed by atoms with van der Waals surface area (Å²) in [6, 6.07) is 0. The van der Waals surface area contributed by atoms with Gasteiger partial charge in [-0.15, -0.1) is 6.58 Å². The van der Waals surface area contributed by atoms with E-state index in [0.717, 1.165) is 0 Å². The van der Waals surface area contributed by atoms with Crippen molar-refractivity contribution in [2.24, 2.45) is 5.90 Å². The lowest BCUT2D eigenvalue weighted by molar-refractivity contribution is -0.0400. The Morgan fingerprint density at radius 3 is 2.00 bits per heavy atom. The largest absolute Gasteiger partial charge is 0.396 e. The minimum Gasteiger partial charge on any atom is -0.396 e. The summed E-state index contributed by atoms with van der Waals surface area (Å²) < 4.78 is 0. The molecule has 0 unspecified atom stereocenters. The monoisotopic (exact) mass is 161 g/mol. The van der Waals surface area contributed by atoms with Gasteiger partial charge in [0.25, 0.3) is 0 Å². The molecule has 0 spiro atoms. The maximum absolute atomic E-state index is 8.63. The Morgan fingerprint density at radius 2 is 1.82 bits per heavy atom. The Morgan fingerprint density at radius 1 is 1.36 bits per heavy atom. The molecule has 11 heavy (non-hydrogen) atoms. The van der Waals surface area contributed by atoms with Crippen LogP contribution in [-0.2, 0) is 4.84 Å². The van der Waals surface area contributed by atoms with Crippen LogP contribution in [0.5, 0.6) is 0 Å². The van der Waals surface area contributed by atoms with Crippen molar-refractivity contribution in [1.82, 2.24) is 0 Å². The lowest BCUT2D eigenvalue weighted by Gasteiger charge is -2.25. The molecule has 4 nitrogen and oxygen atoms in total. The van der Waals surface area contributed by atoms with Crippen LogP contribution in [0.25, 0.3) is 0 Å². The Hall–Kier alpha value is -0.420. The minimum absolute atomic E-state index is 0.0385. The molecule has 0 amide bonds. The third kappa shape index (κ3) is 2.98. The summed E-state index contributed by atoms with van der Waals surface area (Å²) in [6.07, 6.45) is 2.21. The quantitative estimate of drug-likeness (QED) is 0.365. The zero-order valence-electron chi connectivity index (χ0n) is 6.49. The van der Waals surface area contributed by atoms with Crippen LogP contribution in [0.15, 0.2) is 12.7 Å². The van der Waals surface area contributed by atoms with E-state index >= 15 is 0 Å². The zero-order valence-corrected chi connectivity index (χ0v) is 6.49. The van der Waals surface area contributed by atoms with E-state index in [-0.39, 0.29) is 13.2 Å². The molecule has 0 aromatic rings. The zero-order chi connectivity index (χ0) is 8.74. The van der Waals surface area contributed by atoms with Gasteiger partial charge in [0, 0.05) is 26.1 Å². The second kappa shape index (κ2) is 5.26. The lowest BCUT2D eigenvalue weighted by Crippen LogP contribution is -2.35. The molecule has 0 aliphatic carbocycles. The number of hydrogen-bond acceptors (Lipinski definition) is 4. The van der Waals surface area contributed by atoms with E-state index in [9.17, 15) is 0 Å². The lowest BCUT2D eigenvalue weighted by atomic mass is 9.97. The fourth-order valence-electron chi connectivity index (χ4n) is 0.874. The fourth-order valence-corrected chi connectivity index (χ4v) is 0.874. The van der Waals surface area contributed by atoms with E-state index in [1.54, 1.807) is 0 Å². The number of nitrogens with two attached hydrogens (primary N) is 1. The van der Waals surface area contributed by atoms with Crippen LogP contribution in [0.4, 0.5) is 0 Å². The van der Waals surface area contributed by atoms with Gasteiger partial charge >= 0.3 is 0 Å². The van der Waals surface area contributed by atoms with Crippen LogP contribution < -0.4 is 5.90 Å². The summed E-state index contributed by atoms with van der Waals surface area (Å²) in [5.41, 5.74) is -0.774. The fraction of sp³-hybridized carbons (Fsp3) is 0.714. The first-order valence-electron chi connectivity index (χ1n) is 3.48. The Balaban J connectivity index is 4.07. The van der Waals surface area contributed by atoms with Gasteiger partial charge in [-0.2, -0.15) is 0 Å². The minimum atomic E-state index is -0.774. The number of aliphatic hydroxyl groups excluding tert-OH is 2. The van der Waals surface area contributed by atoms with Crippen LogP contribution in [0, 0.1) is 0 Å². The highest BCUT2D eigenvalue weighted by atomic mass is 16.6. The molecular formula is C7H15NO3. The summed E-state index contributed by atoms with van der Waals surface area (Å²) >= 11 is 0. The standard InChI is InChI=1S/C7H15NO3/c1-2-7(11-8,3-5-9)4-6-10/h2,9-10H,1,3-6,8H2. The third-order valence-corrected chi connectivity index (χ3v) is 1.68. The average molecular weight is 161 g/mol. The maximum Gasteiger partial charge on any atom is 0.111 e. The molecule has 0 atom stereocenters. The van der Waals surface area contributed by atoms with E-state index in [4.69, 9.17) is 16.1 Å². The highest BCUT2D eigenvalue weighted by Crippen LogP contribution is 2.18. The van der Waals surface area contributed by atoms with Crippen molar-refractivity contribution in [3.8, 4) is 0 Å². The van der Waals surface area contributed by atoms with Gasteiger partial charge < -0.3 is 10.2 Å². The summed E-state index contributed by atoms with van der Waals surface area (Å²) in [6.45, 7) is 3.44. The topological polar surface area (TPSA) is 75.7 Å². The van der Waals surface area contributed by atoms with Crippen molar-refractivity contribution in [3.63, 3.8) is 0 Å². The van der Waals surface area contributed by atoms with Gasteiger partial charge in [0.2, 0.25) is 0 Å². The van der Waals surface area contributed by atoms with Crippen LogP contribution in [0.1, 0.15) is 12.8 Å². The number of rotatable bonds is 6. The normalized spacial score (nSPS) is 11.5. The highest BCUT2D eigenvalue weighted by Gasteiger charge is 2.25. The first-order chi connectivity index (χ1) is 5.24. The van der Waals surface area contributed by atoms with E-state index in [2.05, 4.69) is 11.4 Å². The van der Waals surface area contributed by atoms with E-state index in [1.165, 1.54) is 6.08 Å². The van der Waals surface area contributed by atoms with Gasteiger partial charge in [0.05, 0.1) is 0 Å². The number of aliphatic hydroxyl groups is 2. The van der Waals surface area contributed by atoms with Crippen molar-refractivity contribution in [3.05, 3.63) is 12.7 Å². The smallest absolute Gasteiger partial charge is 0.111 e.